The van der Waals surface area contributed by atoms with Gasteiger partial charge in [0.25, 0.3) is 5.91 Å². The van der Waals surface area contributed by atoms with Gasteiger partial charge in [-0.25, -0.2) is 9.59 Å². The van der Waals surface area contributed by atoms with Crippen LogP contribution in [0.1, 0.15) is 26.3 Å². The average molecular weight is 517 g/mol. The maximum absolute atomic E-state index is 13.0. The highest BCUT2D eigenvalue weighted by atomic mass is 35.5. The van der Waals surface area contributed by atoms with Gasteiger partial charge in [0.1, 0.15) is 0 Å². The van der Waals surface area contributed by atoms with Gasteiger partial charge in [-0.1, -0.05) is 17.7 Å². The summed E-state index contributed by atoms with van der Waals surface area (Å²) in [4.78, 5) is 35.5. The van der Waals surface area contributed by atoms with E-state index in [9.17, 15) is 32.7 Å². The second-order valence-electron chi connectivity index (χ2n) is 7.63. The highest BCUT2D eigenvalue weighted by molar-refractivity contribution is 6.31. The molecule has 4 rings (SSSR count). The number of fused-ring (bicyclic) bond motifs is 1. The van der Waals surface area contributed by atoms with Gasteiger partial charge in [-0.15, -0.1) is 0 Å². The van der Waals surface area contributed by atoms with E-state index >= 15 is 0 Å². The Bertz CT molecular complexity index is 1510. The lowest BCUT2D eigenvalue weighted by atomic mass is 10.1. The number of carbonyl (C=O) groups is 3. The van der Waals surface area contributed by atoms with Crippen LogP contribution in [0.2, 0.25) is 5.02 Å². The minimum absolute atomic E-state index is 0.0173. The molecule has 0 aliphatic rings. The number of carboxylic acid groups (broad SMARTS) is 1. The van der Waals surface area contributed by atoms with Crippen LogP contribution in [0.4, 0.5) is 29.3 Å². The van der Waals surface area contributed by atoms with Crippen LogP contribution >= 0.6 is 11.6 Å². The van der Waals surface area contributed by atoms with Crippen molar-refractivity contribution in [2.45, 2.75) is 6.18 Å². The first kappa shape index (κ1) is 24.6. The third kappa shape index (κ3) is 4.96. The van der Waals surface area contributed by atoms with Gasteiger partial charge in [0.15, 0.2) is 0 Å². The van der Waals surface area contributed by atoms with E-state index in [0.29, 0.717) is 22.3 Å². The molecule has 0 unspecified atom stereocenters. The molecule has 0 atom stereocenters. The number of hydrogen-bond acceptors (Lipinski definition) is 3. The predicted octanol–water partition coefficient (Wildman–Crippen LogP) is 5.74. The molecule has 36 heavy (non-hydrogen) atoms. The molecule has 0 aliphatic heterocycles. The van der Waals surface area contributed by atoms with E-state index in [0.717, 1.165) is 12.1 Å². The molecule has 4 aromatic rings. The summed E-state index contributed by atoms with van der Waals surface area (Å²) in [6.45, 7) is 0. The number of aromatic nitrogens is 1. The number of amides is 3. The summed E-state index contributed by atoms with van der Waals surface area (Å²) < 4.78 is 40.7. The Morgan fingerprint density at radius 1 is 0.917 bits per heavy atom. The summed E-state index contributed by atoms with van der Waals surface area (Å²) in [5.41, 5.74) is 5.78. The fourth-order valence-corrected chi connectivity index (χ4v) is 3.81. The van der Waals surface area contributed by atoms with Gasteiger partial charge in [-0.05, 0) is 54.6 Å². The monoisotopic (exact) mass is 516 g/mol. The quantitative estimate of drug-likeness (QED) is 0.269. The minimum Gasteiger partial charge on any atom is -0.478 e. The lowest BCUT2D eigenvalue weighted by molar-refractivity contribution is -0.137. The number of rotatable bonds is 5. The molecule has 0 spiro atoms. The first-order valence-electron chi connectivity index (χ1n) is 10.2. The number of alkyl halides is 3. The maximum atomic E-state index is 13.0. The molecule has 0 fully saturated rings. The number of aromatic carboxylic acids is 1. The molecule has 3 aromatic carbocycles. The van der Waals surface area contributed by atoms with Crippen molar-refractivity contribution in [1.29, 1.82) is 0 Å². The van der Waals surface area contributed by atoms with Crippen molar-refractivity contribution in [3.63, 3.8) is 0 Å². The van der Waals surface area contributed by atoms with Gasteiger partial charge < -0.3 is 26.0 Å². The SMILES string of the molecule is NC(=O)c1cn(-c2ccc(NC(=O)Nc3ccc(Cl)c(C(F)(F)F)c3)cc2)c2cc(C(=O)O)ccc12. The van der Waals surface area contributed by atoms with Gasteiger partial charge in [0.2, 0.25) is 0 Å². The summed E-state index contributed by atoms with van der Waals surface area (Å²) in [6, 6.07) is 12.7. The molecule has 0 saturated carbocycles. The van der Waals surface area contributed by atoms with Crippen LogP contribution < -0.4 is 16.4 Å². The number of nitrogens with one attached hydrogen (secondary N) is 2. The number of benzene rings is 3. The normalized spacial score (nSPS) is 11.3. The number of nitrogens with two attached hydrogens (primary N) is 1. The van der Waals surface area contributed by atoms with Crippen molar-refractivity contribution in [2.75, 3.05) is 10.6 Å². The Labute approximate surface area is 206 Å². The lowest BCUT2D eigenvalue weighted by Crippen LogP contribution is -2.20. The zero-order valence-electron chi connectivity index (χ0n) is 18.1. The van der Waals surface area contributed by atoms with Crippen LogP contribution in [0, 0.1) is 0 Å². The molecular formula is C24H16ClF3N4O4. The van der Waals surface area contributed by atoms with Gasteiger partial charge >= 0.3 is 18.2 Å². The van der Waals surface area contributed by atoms with E-state index in [2.05, 4.69) is 10.6 Å². The van der Waals surface area contributed by atoms with Crippen LogP contribution in [-0.2, 0) is 6.18 Å². The fraction of sp³-hybridized carbons (Fsp3) is 0.0417. The van der Waals surface area contributed by atoms with Crippen molar-refractivity contribution >= 4 is 51.8 Å². The Morgan fingerprint density at radius 2 is 1.56 bits per heavy atom. The zero-order chi connectivity index (χ0) is 26.2. The van der Waals surface area contributed by atoms with Crippen LogP contribution in [-0.4, -0.2) is 27.6 Å². The van der Waals surface area contributed by atoms with Crippen molar-refractivity contribution in [3.8, 4) is 5.69 Å². The number of halogens is 4. The highest BCUT2D eigenvalue weighted by Crippen LogP contribution is 2.36. The van der Waals surface area contributed by atoms with E-state index in [1.807, 2.05) is 0 Å². The van der Waals surface area contributed by atoms with Gasteiger partial charge in [0.05, 0.1) is 27.2 Å². The Morgan fingerprint density at radius 3 is 2.17 bits per heavy atom. The number of primary amides is 1. The Kier molecular flexibility index (Phi) is 6.34. The molecule has 8 nitrogen and oxygen atoms in total. The van der Waals surface area contributed by atoms with Crippen molar-refractivity contribution in [2.24, 2.45) is 5.73 Å². The molecule has 0 radical (unpaired) electrons. The molecule has 1 aromatic heterocycles. The maximum Gasteiger partial charge on any atom is 0.417 e. The van der Waals surface area contributed by atoms with Crippen molar-refractivity contribution in [3.05, 3.63) is 88.6 Å². The first-order chi connectivity index (χ1) is 16.9. The summed E-state index contributed by atoms with van der Waals surface area (Å²) in [7, 11) is 0. The summed E-state index contributed by atoms with van der Waals surface area (Å²) >= 11 is 5.59. The first-order valence-corrected chi connectivity index (χ1v) is 10.6. The third-order valence-corrected chi connectivity index (χ3v) is 5.58. The second kappa shape index (κ2) is 9.27. The molecule has 184 valence electrons. The average Bonchev–Trinajstić information content (AvgIpc) is 3.19. The molecular weight excluding hydrogens is 501 g/mol. The summed E-state index contributed by atoms with van der Waals surface area (Å²) in [5, 5.41) is 14.1. The van der Waals surface area contributed by atoms with Gasteiger partial charge in [-0.3, -0.25) is 4.79 Å². The third-order valence-electron chi connectivity index (χ3n) is 5.25. The second-order valence-corrected chi connectivity index (χ2v) is 8.04. The van der Waals surface area contributed by atoms with Crippen LogP contribution in [0.3, 0.4) is 0 Å². The smallest absolute Gasteiger partial charge is 0.417 e. The van der Waals surface area contributed by atoms with Crippen LogP contribution in [0.25, 0.3) is 16.6 Å². The number of urea groups is 1. The van der Waals surface area contributed by atoms with E-state index in [4.69, 9.17) is 17.3 Å². The Hall–Kier alpha value is -4.51. The summed E-state index contributed by atoms with van der Waals surface area (Å²) in [6.07, 6.45) is -3.20. The number of carboxylic acids is 1. The molecule has 0 saturated heterocycles. The van der Waals surface area contributed by atoms with Crippen molar-refractivity contribution < 1.29 is 32.7 Å². The number of carbonyl (C=O) groups excluding carboxylic acids is 2. The van der Waals surface area contributed by atoms with Gasteiger partial charge in [-0.2, -0.15) is 13.2 Å². The molecule has 1 heterocycles. The Balaban J connectivity index is 1.57. The van der Waals surface area contributed by atoms with E-state index in [-0.39, 0.29) is 16.8 Å². The molecule has 12 heteroatoms. The zero-order valence-corrected chi connectivity index (χ0v) is 18.8. The lowest BCUT2D eigenvalue weighted by Gasteiger charge is -2.13. The topological polar surface area (TPSA) is 126 Å². The number of anilines is 2. The summed E-state index contributed by atoms with van der Waals surface area (Å²) in [5.74, 6) is -1.83. The van der Waals surface area contributed by atoms with Gasteiger partial charge in [0, 0.05) is 28.6 Å². The van der Waals surface area contributed by atoms with Crippen LogP contribution in [0.15, 0.2) is 66.9 Å². The number of nitrogens with zero attached hydrogens (tertiary/aromatic N) is 1. The molecule has 5 N–H and O–H groups in total. The highest BCUT2D eigenvalue weighted by Gasteiger charge is 2.33. The van der Waals surface area contributed by atoms with E-state index in [1.165, 1.54) is 42.6 Å². The fourth-order valence-electron chi connectivity index (χ4n) is 3.59. The standard InChI is InChI=1S/C24H16ClF3N4O4/c25-19-8-4-14(10-18(19)24(26,27)28)31-23(36)30-13-2-5-15(6-3-13)32-11-17(21(29)33)16-7-1-12(22(34)35)9-20(16)32/h1-11H,(H2,29,33)(H,34,35)(H2,30,31,36). The predicted molar refractivity (Wildman–Crippen MR) is 128 cm³/mol. The van der Waals surface area contributed by atoms with E-state index in [1.54, 1.807) is 16.7 Å². The molecule has 0 bridgehead atoms. The minimum atomic E-state index is -4.68. The number of hydrogen-bond donors (Lipinski definition) is 4. The van der Waals surface area contributed by atoms with Crippen molar-refractivity contribution in [1.82, 2.24) is 4.57 Å². The van der Waals surface area contributed by atoms with E-state index < -0.39 is 34.7 Å². The molecule has 3 amide bonds. The van der Waals surface area contributed by atoms with Crippen LogP contribution in [0.5, 0.6) is 0 Å². The molecule has 0 aliphatic carbocycles. The largest absolute Gasteiger partial charge is 0.478 e.